The van der Waals surface area contributed by atoms with Crippen molar-refractivity contribution in [3.8, 4) is 0 Å². The summed E-state index contributed by atoms with van der Waals surface area (Å²) >= 11 is 0. The van der Waals surface area contributed by atoms with Gasteiger partial charge < -0.3 is 10.6 Å². The van der Waals surface area contributed by atoms with E-state index in [1.807, 2.05) is 0 Å². The van der Waals surface area contributed by atoms with E-state index in [-0.39, 0.29) is 24.2 Å². The Morgan fingerprint density at radius 3 is 2.50 bits per heavy atom. The van der Waals surface area contributed by atoms with Gasteiger partial charge in [0.1, 0.15) is 0 Å². The smallest absolute Gasteiger partial charge is 0.224 e. The number of amides is 1. The van der Waals surface area contributed by atoms with Crippen molar-refractivity contribution in [2.45, 2.75) is 51.6 Å². The predicted molar refractivity (Wildman–Crippen MR) is 67.8 cm³/mol. The second kappa shape index (κ2) is 5.87. The molecule has 0 radical (unpaired) electrons. The maximum absolute atomic E-state index is 12.0. The minimum absolute atomic E-state index is 0. The monoisotopic (exact) mass is 246 g/mol. The topological polar surface area (TPSA) is 41.1 Å². The fourth-order valence-electron chi connectivity index (χ4n) is 2.58. The molecule has 1 saturated carbocycles. The highest BCUT2D eigenvalue weighted by molar-refractivity contribution is 5.85. The van der Waals surface area contributed by atoms with E-state index < -0.39 is 0 Å². The fraction of sp³-hybridized carbons (Fsp3) is 0.917. The van der Waals surface area contributed by atoms with Crippen molar-refractivity contribution in [3.63, 3.8) is 0 Å². The van der Waals surface area contributed by atoms with E-state index in [0.717, 1.165) is 13.0 Å². The van der Waals surface area contributed by atoms with Gasteiger partial charge in [0.2, 0.25) is 5.91 Å². The van der Waals surface area contributed by atoms with Crippen LogP contribution in [0.1, 0.15) is 39.5 Å². The Morgan fingerprint density at radius 1 is 1.31 bits per heavy atom. The molecule has 2 fully saturated rings. The Bertz CT molecular complexity index is 241. The maximum Gasteiger partial charge on any atom is 0.224 e. The average Bonchev–Trinajstić information content (AvgIpc) is 2.59. The summed E-state index contributed by atoms with van der Waals surface area (Å²) in [5.74, 6) is 1.03. The van der Waals surface area contributed by atoms with Gasteiger partial charge in [-0.3, -0.25) is 4.79 Å². The predicted octanol–water partition coefficient (Wildman–Crippen LogP) is 1.71. The van der Waals surface area contributed by atoms with E-state index in [9.17, 15) is 4.79 Å². The zero-order valence-corrected chi connectivity index (χ0v) is 11.0. The van der Waals surface area contributed by atoms with Crippen molar-refractivity contribution in [3.05, 3.63) is 0 Å². The van der Waals surface area contributed by atoms with Crippen molar-refractivity contribution >= 4 is 18.3 Å². The van der Waals surface area contributed by atoms with Gasteiger partial charge in [0.05, 0.1) is 5.92 Å². The van der Waals surface area contributed by atoms with Gasteiger partial charge in [0, 0.05) is 12.1 Å². The summed E-state index contributed by atoms with van der Waals surface area (Å²) < 4.78 is 0. The minimum Gasteiger partial charge on any atom is -0.353 e. The van der Waals surface area contributed by atoms with Gasteiger partial charge in [-0.05, 0) is 38.1 Å². The minimum atomic E-state index is 0. The Morgan fingerprint density at radius 2 is 2.00 bits per heavy atom. The van der Waals surface area contributed by atoms with Crippen LogP contribution in [0.25, 0.3) is 0 Å². The number of hydrogen-bond acceptors (Lipinski definition) is 2. The molecule has 2 aliphatic rings. The number of halogens is 1. The van der Waals surface area contributed by atoms with Crippen LogP contribution >= 0.6 is 12.4 Å². The molecular formula is C12H23ClN2O. The van der Waals surface area contributed by atoms with Gasteiger partial charge in [-0.1, -0.05) is 13.8 Å². The lowest BCUT2D eigenvalue weighted by atomic mass is 9.88. The standard InChI is InChI=1S/C12H22N2O.ClH/c1-8(2)11-10(6-7-13-11)12(15)14-9-4-3-5-9;/h8-11,13H,3-7H2,1-2H3,(H,14,15);1H. The van der Waals surface area contributed by atoms with Gasteiger partial charge in [0.15, 0.2) is 0 Å². The lowest BCUT2D eigenvalue weighted by Gasteiger charge is -2.30. The Balaban J connectivity index is 0.00000128. The molecule has 0 aromatic carbocycles. The normalized spacial score (nSPS) is 29.7. The molecule has 1 amide bonds. The lowest BCUT2D eigenvalue weighted by Crippen LogP contribution is -2.46. The third kappa shape index (κ3) is 2.89. The van der Waals surface area contributed by atoms with Crippen LogP contribution in [-0.2, 0) is 4.79 Å². The highest BCUT2D eigenvalue weighted by Gasteiger charge is 2.35. The van der Waals surface area contributed by atoms with Crippen molar-refractivity contribution in [1.82, 2.24) is 10.6 Å². The zero-order chi connectivity index (χ0) is 10.8. The molecule has 1 heterocycles. The zero-order valence-electron chi connectivity index (χ0n) is 10.2. The first-order chi connectivity index (χ1) is 7.18. The largest absolute Gasteiger partial charge is 0.353 e. The van der Waals surface area contributed by atoms with Crippen molar-refractivity contribution < 1.29 is 4.79 Å². The summed E-state index contributed by atoms with van der Waals surface area (Å²) in [5.41, 5.74) is 0. The highest BCUT2D eigenvalue weighted by Crippen LogP contribution is 2.24. The third-order valence-corrected chi connectivity index (χ3v) is 3.78. The molecule has 0 spiro atoms. The van der Waals surface area contributed by atoms with E-state index in [2.05, 4.69) is 24.5 Å². The summed E-state index contributed by atoms with van der Waals surface area (Å²) in [5, 5.41) is 6.60. The number of rotatable bonds is 3. The number of hydrogen-bond donors (Lipinski definition) is 2. The number of carbonyl (C=O) groups excluding carboxylic acids is 1. The van der Waals surface area contributed by atoms with E-state index in [0.29, 0.717) is 18.0 Å². The SMILES string of the molecule is CC(C)C1NCCC1C(=O)NC1CCC1.Cl. The molecule has 0 aromatic heterocycles. The number of nitrogens with one attached hydrogen (secondary N) is 2. The fourth-order valence-corrected chi connectivity index (χ4v) is 2.58. The first-order valence-corrected chi connectivity index (χ1v) is 6.22. The molecule has 2 unspecified atom stereocenters. The molecular weight excluding hydrogens is 224 g/mol. The molecule has 4 heteroatoms. The van der Waals surface area contributed by atoms with Crippen LogP contribution in [0.4, 0.5) is 0 Å². The molecule has 1 aliphatic heterocycles. The van der Waals surface area contributed by atoms with E-state index in [1.165, 1.54) is 19.3 Å². The second-order valence-electron chi connectivity index (χ2n) is 5.26. The Kier molecular flexibility index (Phi) is 5.06. The summed E-state index contributed by atoms with van der Waals surface area (Å²) in [4.78, 5) is 12.0. The van der Waals surface area contributed by atoms with Crippen LogP contribution in [-0.4, -0.2) is 24.5 Å². The van der Waals surface area contributed by atoms with Crippen molar-refractivity contribution in [2.24, 2.45) is 11.8 Å². The van der Waals surface area contributed by atoms with Gasteiger partial charge in [-0.25, -0.2) is 0 Å². The molecule has 2 N–H and O–H groups in total. The van der Waals surface area contributed by atoms with Crippen LogP contribution in [0.3, 0.4) is 0 Å². The second-order valence-corrected chi connectivity index (χ2v) is 5.26. The summed E-state index contributed by atoms with van der Waals surface area (Å²) in [6.45, 7) is 5.37. The summed E-state index contributed by atoms with van der Waals surface area (Å²) in [6, 6.07) is 0.857. The third-order valence-electron chi connectivity index (χ3n) is 3.78. The van der Waals surface area contributed by atoms with Crippen LogP contribution in [0.5, 0.6) is 0 Å². The van der Waals surface area contributed by atoms with Crippen molar-refractivity contribution in [2.75, 3.05) is 6.54 Å². The van der Waals surface area contributed by atoms with Crippen molar-refractivity contribution in [1.29, 1.82) is 0 Å². The Labute approximate surface area is 104 Å². The molecule has 2 rings (SSSR count). The maximum atomic E-state index is 12.0. The molecule has 1 aliphatic carbocycles. The summed E-state index contributed by atoms with van der Waals surface area (Å²) in [7, 11) is 0. The van der Waals surface area contributed by atoms with Crippen LogP contribution < -0.4 is 10.6 Å². The molecule has 16 heavy (non-hydrogen) atoms. The highest BCUT2D eigenvalue weighted by atomic mass is 35.5. The molecule has 0 bridgehead atoms. The first kappa shape index (κ1) is 13.8. The van der Waals surface area contributed by atoms with Crippen LogP contribution in [0.15, 0.2) is 0 Å². The molecule has 2 atom stereocenters. The van der Waals surface area contributed by atoms with E-state index >= 15 is 0 Å². The van der Waals surface area contributed by atoms with Crippen LogP contribution in [0, 0.1) is 11.8 Å². The molecule has 94 valence electrons. The summed E-state index contributed by atoms with van der Waals surface area (Å²) in [6.07, 6.45) is 4.64. The van der Waals surface area contributed by atoms with Gasteiger partial charge >= 0.3 is 0 Å². The van der Waals surface area contributed by atoms with Gasteiger partial charge in [0.25, 0.3) is 0 Å². The van der Waals surface area contributed by atoms with Gasteiger partial charge in [-0.2, -0.15) is 0 Å². The van der Waals surface area contributed by atoms with Crippen LogP contribution in [0.2, 0.25) is 0 Å². The van der Waals surface area contributed by atoms with E-state index in [4.69, 9.17) is 0 Å². The number of carbonyl (C=O) groups is 1. The molecule has 1 saturated heterocycles. The molecule has 0 aromatic rings. The Hall–Kier alpha value is -0.280. The average molecular weight is 247 g/mol. The first-order valence-electron chi connectivity index (χ1n) is 6.22. The van der Waals surface area contributed by atoms with E-state index in [1.54, 1.807) is 0 Å². The van der Waals surface area contributed by atoms with Gasteiger partial charge in [-0.15, -0.1) is 12.4 Å². The quantitative estimate of drug-likeness (QED) is 0.796. The lowest BCUT2D eigenvalue weighted by molar-refractivity contribution is -0.126. The molecule has 3 nitrogen and oxygen atoms in total.